The number of halogens is 1. The molecular formula is C21H29ClN2O2. The van der Waals surface area contributed by atoms with Gasteiger partial charge in [-0.25, -0.2) is 0 Å². The maximum atomic E-state index is 11.1. The number of ether oxygens (including phenoxy) is 1. The van der Waals surface area contributed by atoms with E-state index in [1.807, 2.05) is 36.4 Å². The van der Waals surface area contributed by atoms with Crippen LogP contribution in [0.5, 0.6) is 5.75 Å². The Morgan fingerprint density at radius 3 is 2.46 bits per heavy atom. The van der Waals surface area contributed by atoms with Crippen LogP contribution in [-0.2, 0) is 0 Å². The minimum absolute atomic E-state index is 0. The van der Waals surface area contributed by atoms with E-state index in [9.17, 15) is 4.79 Å². The number of primary amides is 1. The zero-order valence-electron chi connectivity index (χ0n) is 15.5. The van der Waals surface area contributed by atoms with Gasteiger partial charge in [-0.1, -0.05) is 38.1 Å². The van der Waals surface area contributed by atoms with Gasteiger partial charge in [0.05, 0.1) is 0 Å². The van der Waals surface area contributed by atoms with Gasteiger partial charge in [-0.3, -0.25) is 4.79 Å². The van der Waals surface area contributed by atoms with Crippen molar-refractivity contribution in [3.8, 4) is 16.9 Å². The Balaban J connectivity index is 0.00000338. The third-order valence-corrected chi connectivity index (χ3v) is 4.02. The number of carbonyl (C=O) groups excluding carboxylic acids is 1. The van der Waals surface area contributed by atoms with Crippen LogP contribution < -0.4 is 15.8 Å². The Morgan fingerprint density at radius 2 is 1.81 bits per heavy atom. The van der Waals surface area contributed by atoms with Gasteiger partial charge in [0, 0.05) is 12.1 Å². The molecule has 0 aliphatic rings. The van der Waals surface area contributed by atoms with Crippen molar-refractivity contribution in [3.63, 3.8) is 0 Å². The number of nitrogens with two attached hydrogens (primary N) is 1. The van der Waals surface area contributed by atoms with Crippen LogP contribution in [0.1, 0.15) is 37.0 Å². The summed E-state index contributed by atoms with van der Waals surface area (Å²) in [4.78, 5) is 11.1. The molecule has 0 unspecified atom stereocenters. The minimum Gasteiger partial charge on any atom is -0.492 e. The molecule has 0 radical (unpaired) electrons. The van der Waals surface area contributed by atoms with Gasteiger partial charge in [0.1, 0.15) is 12.4 Å². The van der Waals surface area contributed by atoms with Gasteiger partial charge in [-0.05, 0) is 60.7 Å². The lowest BCUT2D eigenvalue weighted by Gasteiger charge is -2.10. The molecule has 0 atom stereocenters. The molecule has 26 heavy (non-hydrogen) atoms. The summed E-state index contributed by atoms with van der Waals surface area (Å²) in [6, 6.07) is 15.3. The smallest absolute Gasteiger partial charge is 0.248 e. The summed E-state index contributed by atoms with van der Waals surface area (Å²) in [5, 5.41) is 3.41. The number of hydrogen-bond donors (Lipinski definition) is 2. The Kier molecular flexibility index (Phi) is 9.78. The molecule has 3 N–H and O–H groups in total. The molecule has 0 saturated heterocycles. The first-order valence-corrected chi connectivity index (χ1v) is 8.90. The van der Waals surface area contributed by atoms with Crippen molar-refractivity contribution >= 4 is 18.3 Å². The molecule has 1 amide bonds. The van der Waals surface area contributed by atoms with E-state index in [4.69, 9.17) is 10.5 Å². The monoisotopic (exact) mass is 376 g/mol. The fourth-order valence-electron chi connectivity index (χ4n) is 2.59. The fourth-order valence-corrected chi connectivity index (χ4v) is 2.59. The van der Waals surface area contributed by atoms with Crippen molar-refractivity contribution in [1.29, 1.82) is 0 Å². The molecule has 2 rings (SSSR count). The number of rotatable bonds is 10. The lowest BCUT2D eigenvalue weighted by atomic mass is 10.0. The average Bonchev–Trinajstić information content (AvgIpc) is 2.61. The highest BCUT2D eigenvalue weighted by Crippen LogP contribution is 2.24. The van der Waals surface area contributed by atoms with Gasteiger partial charge < -0.3 is 15.8 Å². The molecule has 0 heterocycles. The van der Waals surface area contributed by atoms with Crippen LogP contribution in [0.15, 0.2) is 48.5 Å². The van der Waals surface area contributed by atoms with E-state index >= 15 is 0 Å². The van der Waals surface area contributed by atoms with Crippen LogP contribution in [0, 0.1) is 5.92 Å². The number of nitrogens with one attached hydrogen (secondary N) is 1. The third-order valence-electron chi connectivity index (χ3n) is 4.02. The third kappa shape index (κ3) is 7.46. The largest absolute Gasteiger partial charge is 0.492 e. The zero-order chi connectivity index (χ0) is 18.1. The first-order valence-electron chi connectivity index (χ1n) is 8.90. The molecule has 0 fully saturated rings. The molecule has 0 bridgehead atoms. The molecule has 0 spiro atoms. The summed E-state index contributed by atoms with van der Waals surface area (Å²) in [5.41, 5.74) is 7.87. The summed E-state index contributed by atoms with van der Waals surface area (Å²) in [6.07, 6.45) is 2.46. The van der Waals surface area contributed by atoms with Gasteiger partial charge in [0.15, 0.2) is 0 Å². The van der Waals surface area contributed by atoms with Crippen LogP contribution in [-0.4, -0.2) is 25.6 Å². The van der Waals surface area contributed by atoms with E-state index in [1.54, 1.807) is 12.1 Å². The van der Waals surface area contributed by atoms with Crippen LogP contribution in [0.25, 0.3) is 11.1 Å². The number of hydrogen-bond acceptors (Lipinski definition) is 3. The van der Waals surface area contributed by atoms with Gasteiger partial charge in [0.2, 0.25) is 5.91 Å². The standard InChI is InChI=1S/C21H28N2O2.ClH/c1-16(2)5-4-12-23-13-14-25-20-7-3-6-19(15-20)17-8-10-18(11-9-17)21(22)24;/h3,6-11,15-16,23H,4-5,12-14H2,1-2H3,(H2,22,24);1H. The number of benzene rings is 2. The highest BCUT2D eigenvalue weighted by molar-refractivity contribution is 5.93. The van der Waals surface area contributed by atoms with Crippen LogP contribution in [0.2, 0.25) is 0 Å². The topological polar surface area (TPSA) is 64.3 Å². The van der Waals surface area contributed by atoms with Gasteiger partial charge in [-0.2, -0.15) is 0 Å². The van der Waals surface area contributed by atoms with Crippen molar-refractivity contribution in [2.24, 2.45) is 11.7 Å². The van der Waals surface area contributed by atoms with Crippen LogP contribution in [0.3, 0.4) is 0 Å². The van der Waals surface area contributed by atoms with Crippen molar-refractivity contribution in [1.82, 2.24) is 5.32 Å². The normalized spacial score (nSPS) is 10.4. The van der Waals surface area contributed by atoms with Crippen molar-refractivity contribution in [3.05, 3.63) is 54.1 Å². The summed E-state index contributed by atoms with van der Waals surface area (Å²) < 4.78 is 5.82. The molecule has 142 valence electrons. The molecule has 2 aromatic rings. The molecule has 0 aliphatic carbocycles. The summed E-state index contributed by atoms with van der Waals surface area (Å²) in [5.74, 6) is 1.20. The first kappa shape index (κ1) is 22.0. The quantitative estimate of drug-likeness (QED) is 0.608. The zero-order valence-corrected chi connectivity index (χ0v) is 16.4. The highest BCUT2D eigenvalue weighted by atomic mass is 35.5. The van der Waals surface area contributed by atoms with E-state index in [0.29, 0.717) is 12.2 Å². The SMILES string of the molecule is CC(C)CCCNCCOc1cccc(-c2ccc(C(N)=O)cc2)c1.Cl. The predicted octanol–water partition coefficient (Wildman–Crippen LogP) is 4.28. The Hall–Kier alpha value is -2.04. The lowest BCUT2D eigenvalue weighted by Crippen LogP contribution is -2.22. The average molecular weight is 377 g/mol. The van der Waals surface area contributed by atoms with Gasteiger partial charge in [-0.15, -0.1) is 12.4 Å². The molecule has 0 saturated carbocycles. The van der Waals surface area contributed by atoms with Crippen molar-refractivity contribution in [2.75, 3.05) is 19.7 Å². The van der Waals surface area contributed by atoms with E-state index in [1.165, 1.54) is 12.8 Å². The number of carbonyl (C=O) groups is 1. The summed E-state index contributed by atoms with van der Waals surface area (Å²) >= 11 is 0. The molecule has 0 aromatic heterocycles. The van der Waals surface area contributed by atoms with E-state index in [0.717, 1.165) is 35.9 Å². The Labute approximate surface area is 162 Å². The van der Waals surface area contributed by atoms with E-state index in [-0.39, 0.29) is 12.4 Å². The maximum absolute atomic E-state index is 11.1. The highest BCUT2D eigenvalue weighted by Gasteiger charge is 2.03. The Bertz CT molecular complexity index is 672. The molecule has 5 heteroatoms. The van der Waals surface area contributed by atoms with Crippen LogP contribution >= 0.6 is 12.4 Å². The van der Waals surface area contributed by atoms with E-state index in [2.05, 4.69) is 19.2 Å². The van der Waals surface area contributed by atoms with Gasteiger partial charge >= 0.3 is 0 Å². The summed E-state index contributed by atoms with van der Waals surface area (Å²) in [6.45, 7) is 7.02. The number of amides is 1. The minimum atomic E-state index is -0.412. The van der Waals surface area contributed by atoms with Crippen molar-refractivity contribution < 1.29 is 9.53 Å². The predicted molar refractivity (Wildman–Crippen MR) is 110 cm³/mol. The van der Waals surface area contributed by atoms with Crippen molar-refractivity contribution in [2.45, 2.75) is 26.7 Å². The first-order chi connectivity index (χ1) is 12.1. The second-order valence-electron chi connectivity index (χ2n) is 6.60. The lowest BCUT2D eigenvalue weighted by molar-refractivity contribution is 0.100. The second-order valence-corrected chi connectivity index (χ2v) is 6.60. The van der Waals surface area contributed by atoms with E-state index < -0.39 is 5.91 Å². The molecule has 4 nitrogen and oxygen atoms in total. The summed E-state index contributed by atoms with van der Waals surface area (Å²) in [7, 11) is 0. The molecule has 2 aromatic carbocycles. The van der Waals surface area contributed by atoms with Crippen LogP contribution in [0.4, 0.5) is 0 Å². The maximum Gasteiger partial charge on any atom is 0.248 e. The van der Waals surface area contributed by atoms with Gasteiger partial charge in [0.25, 0.3) is 0 Å². The Morgan fingerprint density at radius 1 is 1.08 bits per heavy atom. The molecule has 0 aliphatic heterocycles. The second kappa shape index (κ2) is 11.6. The fraction of sp³-hybridized carbons (Fsp3) is 0.381. The molecular weight excluding hydrogens is 348 g/mol.